The maximum Gasteiger partial charge on any atom is 0.219 e. The second-order valence-electron chi connectivity index (χ2n) is 6.56. The molecule has 2 aromatic rings. The fraction of sp³-hybridized carbons (Fsp3) is 0.238. The van der Waals surface area contributed by atoms with Crippen molar-refractivity contribution >= 4 is 23.1 Å². The van der Waals surface area contributed by atoms with E-state index in [0.29, 0.717) is 18.9 Å². The molecule has 0 spiro atoms. The molecule has 1 amide bonds. The molecule has 0 saturated heterocycles. The van der Waals surface area contributed by atoms with Crippen LogP contribution in [0.2, 0.25) is 0 Å². The lowest BCUT2D eigenvalue weighted by Crippen LogP contribution is -2.40. The Bertz CT molecular complexity index is 882. The molecule has 5 N–H and O–H groups in total. The largest absolute Gasteiger partial charge is 0.399 e. The summed E-state index contributed by atoms with van der Waals surface area (Å²) in [7, 11) is 1.87. The van der Waals surface area contributed by atoms with Crippen molar-refractivity contribution in [3.05, 3.63) is 59.8 Å². The highest BCUT2D eigenvalue weighted by Gasteiger charge is 2.22. The van der Waals surface area contributed by atoms with E-state index in [1.165, 1.54) is 0 Å². The Morgan fingerprint density at radius 2 is 1.67 bits per heavy atom. The highest BCUT2D eigenvalue weighted by atomic mass is 16.2. The van der Waals surface area contributed by atoms with Gasteiger partial charge in [0.2, 0.25) is 5.91 Å². The predicted molar refractivity (Wildman–Crippen MR) is 111 cm³/mol. The molecule has 0 atom stereocenters. The lowest BCUT2D eigenvalue weighted by molar-refractivity contribution is -0.128. The van der Waals surface area contributed by atoms with Gasteiger partial charge in [0.25, 0.3) is 0 Å². The summed E-state index contributed by atoms with van der Waals surface area (Å²) in [6, 6.07) is 15.6. The van der Waals surface area contributed by atoms with E-state index in [-0.39, 0.29) is 5.91 Å². The van der Waals surface area contributed by atoms with Gasteiger partial charge in [0.15, 0.2) is 0 Å². The van der Waals surface area contributed by atoms with Crippen LogP contribution in [0.25, 0.3) is 11.1 Å². The van der Waals surface area contributed by atoms with Gasteiger partial charge in [-0.05, 0) is 35.4 Å². The summed E-state index contributed by atoms with van der Waals surface area (Å²) in [6.07, 6.45) is 0.748. The molecule has 6 nitrogen and oxygen atoms in total. The highest BCUT2D eigenvalue weighted by Crippen LogP contribution is 2.24. The fourth-order valence-electron chi connectivity index (χ4n) is 3.15. The first-order valence-corrected chi connectivity index (χ1v) is 8.93. The van der Waals surface area contributed by atoms with Crippen molar-refractivity contribution in [1.82, 2.24) is 10.2 Å². The van der Waals surface area contributed by atoms with E-state index in [0.717, 1.165) is 40.2 Å². The van der Waals surface area contributed by atoms with Gasteiger partial charge in [-0.25, -0.2) is 4.99 Å². The predicted octanol–water partition coefficient (Wildman–Crippen LogP) is 2.65. The number of nitrogen functional groups attached to an aromatic ring is 1. The Labute approximate surface area is 159 Å². The van der Waals surface area contributed by atoms with Crippen LogP contribution in [0, 0.1) is 0 Å². The van der Waals surface area contributed by atoms with E-state index in [2.05, 4.69) is 10.3 Å². The average molecular weight is 363 g/mol. The van der Waals surface area contributed by atoms with Gasteiger partial charge in [-0.3, -0.25) is 4.79 Å². The van der Waals surface area contributed by atoms with Crippen LogP contribution in [0.3, 0.4) is 0 Å². The van der Waals surface area contributed by atoms with E-state index < -0.39 is 0 Å². The normalized spacial score (nSPS) is 15.0. The number of hydrogen-bond donors (Lipinski definition) is 3. The second-order valence-corrected chi connectivity index (χ2v) is 6.56. The van der Waals surface area contributed by atoms with E-state index in [1.54, 1.807) is 11.8 Å². The van der Waals surface area contributed by atoms with Crippen LogP contribution in [-0.2, 0) is 4.79 Å². The van der Waals surface area contributed by atoms with Gasteiger partial charge < -0.3 is 21.7 Å². The molecule has 2 aromatic carbocycles. The topological polar surface area (TPSA) is 96.7 Å². The molecule has 0 radical (unpaired) electrons. The lowest BCUT2D eigenvalue weighted by Gasteiger charge is -2.29. The van der Waals surface area contributed by atoms with Crippen molar-refractivity contribution in [2.24, 2.45) is 10.7 Å². The third kappa shape index (κ3) is 4.28. The lowest BCUT2D eigenvalue weighted by atomic mass is 10.0. The number of carbonyl (C=O) groups is 1. The number of benzene rings is 2. The molecule has 0 saturated carbocycles. The Hall–Kier alpha value is -3.28. The van der Waals surface area contributed by atoms with Crippen LogP contribution in [0.15, 0.2) is 64.8 Å². The molecular formula is C21H25N5O. The van der Waals surface area contributed by atoms with Crippen molar-refractivity contribution in [1.29, 1.82) is 0 Å². The van der Waals surface area contributed by atoms with Gasteiger partial charge in [0.1, 0.15) is 5.84 Å². The zero-order valence-corrected chi connectivity index (χ0v) is 15.7. The maximum absolute atomic E-state index is 11.7. The van der Waals surface area contributed by atoms with Crippen molar-refractivity contribution in [2.75, 3.05) is 25.9 Å². The molecular weight excluding hydrogens is 338 g/mol. The van der Waals surface area contributed by atoms with E-state index in [1.807, 2.05) is 55.6 Å². The number of nitrogens with two attached hydrogens (primary N) is 2. The van der Waals surface area contributed by atoms with Crippen molar-refractivity contribution in [3.63, 3.8) is 0 Å². The number of rotatable bonds is 4. The third-order valence-electron chi connectivity index (χ3n) is 4.76. The second kappa shape index (κ2) is 7.95. The summed E-state index contributed by atoms with van der Waals surface area (Å²) >= 11 is 0. The summed E-state index contributed by atoms with van der Waals surface area (Å²) in [5, 5.41) is 3.19. The number of hydrogen-bond acceptors (Lipinski definition) is 4. The monoisotopic (exact) mass is 363 g/mol. The van der Waals surface area contributed by atoms with Gasteiger partial charge in [-0.2, -0.15) is 0 Å². The smallest absolute Gasteiger partial charge is 0.219 e. The van der Waals surface area contributed by atoms with Gasteiger partial charge >= 0.3 is 0 Å². The van der Waals surface area contributed by atoms with E-state index >= 15 is 0 Å². The first-order valence-electron chi connectivity index (χ1n) is 8.93. The molecule has 140 valence electrons. The fourth-order valence-corrected chi connectivity index (χ4v) is 3.15. The van der Waals surface area contributed by atoms with Crippen LogP contribution in [0.4, 0.5) is 11.4 Å². The average Bonchev–Trinajstić information content (AvgIpc) is 2.68. The highest BCUT2D eigenvalue weighted by molar-refractivity contribution is 6.00. The SMILES string of the molecule is CNC1=C(C(N)=Nc2ccc(-c3ccc(N)cc3)cc2)CN(C(C)=O)CC1. The summed E-state index contributed by atoms with van der Waals surface area (Å²) in [5.74, 6) is 0.480. The first-order chi connectivity index (χ1) is 13.0. The van der Waals surface area contributed by atoms with E-state index in [9.17, 15) is 4.79 Å². The molecule has 6 heteroatoms. The Morgan fingerprint density at radius 3 is 2.22 bits per heavy atom. The summed E-state index contributed by atoms with van der Waals surface area (Å²) in [5.41, 5.74) is 17.6. The van der Waals surface area contributed by atoms with Gasteiger partial charge in [0, 0.05) is 43.9 Å². The Morgan fingerprint density at radius 1 is 1.07 bits per heavy atom. The third-order valence-corrected chi connectivity index (χ3v) is 4.76. The van der Waals surface area contributed by atoms with Crippen molar-refractivity contribution in [2.45, 2.75) is 13.3 Å². The molecule has 0 aromatic heterocycles. The van der Waals surface area contributed by atoms with Crippen molar-refractivity contribution in [3.8, 4) is 11.1 Å². The summed E-state index contributed by atoms with van der Waals surface area (Å²) in [6.45, 7) is 2.74. The first kappa shape index (κ1) is 18.5. The minimum absolute atomic E-state index is 0.0447. The molecule has 0 bridgehead atoms. The summed E-state index contributed by atoms with van der Waals surface area (Å²) < 4.78 is 0. The van der Waals surface area contributed by atoms with Gasteiger partial charge in [-0.1, -0.05) is 24.3 Å². The van der Waals surface area contributed by atoms with Gasteiger partial charge in [-0.15, -0.1) is 0 Å². The molecule has 1 aliphatic heterocycles. The minimum Gasteiger partial charge on any atom is -0.399 e. The van der Waals surface area contributed by atoms with Crippen molar-refractivity contribution < 1.29 is 4.79 Å². The molecule has 0 aliphatic carbocycles. The molecule has 0 fully saturated rings. The van der Waals surface area contributed by atoms with Crippen LogP contribution in [-0.4, -0.2) is 36.8 Å². The molecule has 0 unspecified atom stereocenters. The number of nitrogens with one attached hydrogen (secondary N) is 1. The quantitative estimate of drug-likeness (QED) is 0.442. The van der Waals surface area contributed by atoms with Gasteiger partial charge in [0.05, 0.1) is 12.2 Å². The summed E-state index contributed by atoms with van der Waals surface area (Å²) in [4.78, 5) is 18.1. The standard InChI is InChI=1S/C21H25N5O/c1-14(27)26-12-11-20(24-2)19(13-26)21(23)25-18-9-5-16(6-10-18)15-3-7-17(22)8-4-15/h3-10,24H,11-13,22H2,1-2H3,(H2,23,25). The van der Waals surface area contributed by atoms with E-state index in [4.69, 9.17) is 11.5 Å². The Balaban J connectivity index is 1.83. The number of amidine groups is 1. The zero-order chi connectivity index (χ0) is 19.4. The molecule has 1 heterocycles. The van der Waals surface area contributed by atoms with Crippen LogP contribution >= 0.6 is 0 Å². The number of carbonyl (C=O) groups excluding carboxylic acids is 1. The minimum atomic E-state index is 0.0447. The molecule has 3 rings (SSSR count). The Kier molecular flexibility index (Phi) is 5.45. The zero-order valence-electron chi connectivity index (χ0n) is 15.7. The van der Waals surface area contributed by atoms with Crippen LogP contribution < -0.4 is 16.8 Å². The van der Waals surface area contributed by atoms with Crippen LogP contribution in [0.5, 0.6) is 0 Å². The number of nitrogens with zero attached hydrogens (tertiary/aromatic N) is 2. The molecule has 27 heavy (non-hydrogen) atoms. The number of amides is 1. The van der Waals surface area contributed by atoms with Crippen LogP contribution in [0.1, 0.15) is 13.3 Å². The number of anilines is 1. The maximum atomic E-state index is 11.7. The number of aliphatic imine (C=N–C) groups is 1. The molecule has 1 aliphatic rings.